The Kier molecular flexibility index (Phi) is 7.89. The van der Waals surface area contributed by atoms with E-state index in [9.17, 15) is 22.0 Å². The van der Waals surface area contributed by atoms with Crippen LogP contribution in [0.3, 0.4) is 0 Å². The van der Waals surface area contributed by atoms with Gasteiger partial charge in [0.05, 0.1) is 22.5 Å². The molecule has 1 aromatic heterocycles. The third-order valence-electron chi connectivity index (χ3n) is 3.98. The molecule has 0 atom stereocenters. The molecule has 0 spiro atoms. The molecule has 0 unspecified atom stereocenters. The Morgan fingerprint density at radius 2 is 1.88 bits per heavy atom. The normalized spacial score (nSPS) is 10.9. The van der Waals surface area contributed by atoms with Gasteiger partial charge in [0.25, 0.3) is 10.0 Å². The van der Waals surface area contributed by atoms with Crippen molar-refractivity contribution >= 4 is 56.5 Å². The van der Waals surface area contributed by atoms with Crippen molar-refractivity contribution in [2.75, 3.05) is 4.72 Å². The van der Waals surface area contributed by atoms with Gasteiger partial charge in [-0.3, -0.25) is 9.52 Å². The van der Waals surface area contributed by atoms with E-state index in [4.69, 9.17) is 39.5 Å². The molecule has 0 radical (unpaired) electrons. The van der Waals surface area contributed by atoms with Crippen molar-refractivity contribution in [3.8, 4) is 11.8 Å². The molecular formula is C20H11Cl3F2N4O4S. The Morgan fingerprint density at radius 1 is 1.15 bits per heavy atom. The fourth-order valence-electron chi connectivity index (χ4n) is 2.49. The van der Waals surface area contributed by atoms with E-state index in [0.717, 1.165) is 31.3 Å². The lowest BCUT2D eigenvalue weighted by molar-refractivity contribution is -0.142. The standard InChI is InChI=1S/C20H11Cl3F2N4O4S/c1-10(30)33-9-11-6-12(21)7-17(18(11)22)34(31,32)29-16-5-4-15(24)14(19(16)25)3-2-13-8-26-20(23)28-27-13/h4-8,29H,9H2,1H3. The van der Waals surface area contributed by atoms with Crippen LogP contribution in [0.4, 0.5) is 14.5 Å². The average molecular weight is 548 g/mol. The molecule has 2 aromatic carbocycles. The zero-order valence-electron chi connectivity index (χ0n) is 16.9. The molecule has 1 N–H and O–H groups in total. The van der Waals surface area contributed by atoms with Crippen LogP contribution in [0, 0.1) is 23.5 Å². The first kappa shape index (κ1) is 25.6. The molecule has 0 aliphatic carbocycles. The highest BCUT2D eigenvalue weighted by Crippen LogP contribution is 2.32. The maximum absolute atomic E-state index is 15.0. The predicted molar refractivity (Wildman–Crippen MR) is 120 cm³/mol. The summed E-state index contributed by atoms with van der Waals surface area (Å²) in [6.45, 7) is 0.815. The molecule has 8 nitrogen and oxygen atoms in total. The number of carbonyl (C=O) groups is 1. The number of nitrogens with zero attached hydrogens (tertiary/aromatic N) is 3. The van der Waals surface area contributed by atoms with Gasteiger partial charge in [-0.25, -0.2) is 22.2 Å². The van der Waals surface area contributed by atoms with Crippen molar-refractivity contribution in [3.05, 3.63) is 74.2 Å². The largest absolute Gasteiger partial charge is 0.461 e. The quantitative estimate of drug-likeness (QED) is 0.373. The summed E-state index contributed by atoms with van der Waals surface area (Å²) in [6, 6.07) is 4.03. The van der Waals surface area contributed by atoms with E-state index >= 15 is 0 Å². The van der Waals surface area contributed by atoms with Gasteiger partial charge in [-0.2, -0.15) is 0 Å². The lowest BCUT2D eigenvalue weighted by Crippen LogP contribution is -2.16. The SMILES string of the molecule is CC(=O)OCc1cc(Cl)cc(S(=O)(=O)Nc2ccc(F)c(C#Cc3cnc(Cl)nn3)c2F)c1Cl. The molecule has 0 saturated carbocycles. The van der Waals surface area contributed by atoms with Gasteiger partial charge >= 0.3 is 5.97 Å². The van der Waals surface area contributed by atoms with Crippen LogP contribution in [0.1, 0.15) is 23.7 Å². The number of ether oxygens (including phenoxy) is 1. The van der Waals surface area contributed by atoms with E-state index in [1.54, 1.807) is 0 Å². The topological polar surface area (TPSA) is 111 Å². The van der Waals surface area contributed by atoms with E-state index < -0.39 is 43.8 Å². The molecule has 0 saturated heterocycles. The minimum absolute atomic E-state index is 0.0276. The van der Waals surface area contributed by atoms with Gasteiger partial charge < -0.3 is 4.74 Å². The number of rotatable bonds is 5. The van der Waals surface area contributed by atoms with Gasteiger partial charge in [0.1, 0.15) is 17.3 Å². The Labute approximate surface area is 207 Å². The molecule has 14 heteroatoms. The van der Waals surface area contributed by atoms with E-state index in [1.807, 2.05) is 4.72 Å². The number of hydrogen-bond acceptors (Lipinski definition) is 7. The van der Waals surface area contributed by atoms with Crippen LogP contribution in [0.2, 0.25) is 15.3 Å². The monoisotopic (exact) mass is 546 g/mol. The predicted octanol–water partition coefficient (Wildman–Crippen LogP) is 4.37. The summed E-state index contributed by atoms with van der Waals surface area (Å²) in [4.78, 5) is 14.2. The van der Waals surface area contributed by atoms with Gasteiger partial charge in [-0.15, -0.1) is 10.2 Å². The van der Waals surface area contributed by atoms with Gasteiger partial charge in [0.2, 0.25) is 5.28 Å². The van der Waals surface area contributed by atoms with Crippen LogP contribution in [-0.2, 0) is 26.2 Å². The van der Waals surface area contributed by atoms with Crippen molar-refractivity contribution < 1.29 is 26.7 Å². The Balaban J connectivity index is 1.98. The average Bonchev–Trinajstić information content (AvgIpc) is 2.77. The smallest absolute Gasteiger partial charge is 0.302 e. The van der Waals surface area contributed by atoms with Crippen LogP contribution < -0.4 is 4.72 Å². The van der Waals surface area contributed by atoms with Crippen molar-refractivity contribution in [1.29, 1.82) is 0 Å². The van der Waals surface area contributed by atoms with Gasteiger partial charge in [-0.05, 0) is 41.8 Å². The summed E-state index contributed by atoms with van der Waals surface area (Å²) in [6.07, 6.45) is 1.14. The molecule has 176 valence electrons. The summed E-state index contributed by atoms with van der Waals surface area (Å²) in [5, 5.41) is 6.57. The van der Waals surface area contributed by atoms with Crippen LogP contribution in [-0.4, -0.2) is 29.6 Å². The highest BCUT2D eigenvalue weighted by molar-refractivity contribution is 7.92. The third kappa shape index (κ3) is 6.09. The summed E-state index contributed by atoms with van der Waals surface area (Å²) >= 11 is 17.7. The van der Waals surface area contributed by atoms with E-state index in [1.165, 1.54) is 6.07 Å². The Morgan fingerprint density at radius 3 is 2.53 bits per heavy atom. The number of esters is 1. The molecule has 0 fully saturated rings. The second-order valence-electron chi connectivity index (χ2n) is 6.41. The van der Waals surface area contributed by atoms with Crippen LogP contribution in [0.25, 0.3) is 0 Å². The van der Waals surface area contributed by atoms with Crippen LogP contribution in [0.5, 0.6) is 0 Å². The summed E-state index contributed by atoms with van der Waals surface area (Å²) in [5.74, 6) is 1.62. The number of halogens is 5. The van der Waals surface area contributed by atoms with E-state index in [-0.39, 0.29) is 33.2 Å². The first-order chi connectivity index (χ1) is 16.0. The van der Waals surface area contributed by atoms with Gasteiger partial charge in [0, 0.05) is 17.5 Å². The number of anilines is 1. The third-order valence-corrected chi connectivity index (χ3v) is 6.32. The highest BCUT2D eigenvalue weighted by atomic mass is 35.5. The van der Waals surface area contributed by atoms with E-state index in [2.05, 4.69) is 27.0 Å². The van der Waals surface area contributed by atoms with Crippen LogP contribution >= 0.6 is 34.8 Å². The maximum atomic E-state index is 15.0. The van der Waals surface area contributed by atoms with Crippen LogP contribution in [0.15, 0.2) is 35.4 Å². The fraction of sp³-hybridized carbons (Fsp3) is 0.100. The second kappa shape index (κ2) is 10.5. The summed E-state index contributed by atoms with van der Waals surface area (Å²) in [7, 11) is -4.52. The summed E-state index contributed by atoms with van der Waals surface area (Å²) < 4.78 is 61.8. The number of benzene rings is 2. The van der Waals surface area contributed by atoms with Crippen molar-refractivity contribution in [2.24, 2.45) is 0 Å². The number of aromatic nitrogens is 3. The molecule has 0 aliphatic heterocycles. The van der Waals surface area contributed by atoms with Crippen molar-refractivity contribution in [1.82, 2.24) is 15.2 Å². The molecule has 3 rings (SSSR count). The molecule has 3 aromatic rings. The number of carbonyl (C=O) groups excluding carboxylic acids is 1. The minimum Gasteiger partial charge on any atom is -0.461 e. The molecular weight excluding hydrogens is 537 g/mol. The van der Waals surface area contributed by atoms with Gasteiger partial charge in [0.15, 0.2) is 11.5 Å². The molecule has 1 heterocycles. The fourth-order valence-corrected chi connectivity index (χ4v) is 4.56. The van der Waals surface area contributed by atoms with Gasteiger partial charge in [-0.1, -0.05) is 29.1 Å². The van der Waals surface area contributed by atoms with E-state index in [0.29, 0.717) is 0 Å². The summed E-state index contributed by atoms with van der Waals surface area (Å²) in [5.41, 5.74) is -1.26. The first-order valence-corrected chi connectivity index (χ1v) is 11.6. The first-order valence-electron chi connectivity index (χ1n) is 8.97. The lowest BCUT2D eigenvalue weighted by atomic mass is 10.1. The minimum atomic E-state index is -4.52. The number of sulfonamides is 1. The Hall–Kier alpha value is -3.04. The molecule has 34 heavy (non-hydrogen) atoms. The lowest BCUT2D eigenvalue weighted by Gasteiger charge is -2.14. The molecule has 0 bridgehead atoms. The maximum Gasteiger partial charge on any atom is 0.302 e. The second-order valence-corrected chi connectivity index (χ2v) is 9.21. The zero-order valence-corrected chi connectivity index (χ0v) is 20.0. The number of nitrogens with one attached hydrogen (secondary N) is 1. The van der Waals surface area contributed by atoms with Crippen molar-refractivity contribution in [3.63, 3.8) is 0 Å². The highest BCUT2D eigenvalue weighted by Gasteiger charge is 2.24. The zero-order chi connectivity index (χ0) is 25.0. The molecule has 0 aliphatic rings. The molecule has 0 amide bonds. The van der Waals surface area contributed by atoms with Crippen molar-refractivity contribution in [2.45, 2.75) is 18.4 Å². The Bertz CT molecular complexity index is 1440. The number of hydrogen-bond donors (Lipinski definition) is 1.